The summed E-state index contributed by atoms with van der Waals surface area (Å²) in [7, 11) is 0. The van der Waals surface area contributed by atoms with Gasteiger partial charge in [-0.05, 0) is 26.7 Å². The van der Waals surface area contributed by atoms with Crippen molar-refractivity contribution >= 4 is 23.0 Å². The van der Waals surface area contributed by atoms with Crippen LogP contribution in [0.1, 0.15) is 24.4 Å². The molecule has 0 radical (unpaired) electrons. The maximum absolute atomic E-state index is 11.4. The van der Waals surface area contributed by atoms with Crippen molar-refractivity contribution in [3.63, 3.8) is 0 Å². The summed E-state index contributed by atoms with van der Waals surface area (Å²) in [6, 6.07) is 0. The first kappa shape index (κ1) is 13.3. The highest BCUT2D eigenvalue weighted by Crippen LogP contribution is 2.34. The summed E-state index contributed by atoms with van der Waals surface area (Å²) in [5, 5.41) is 7.58. The van der Waals surface area contributed by atoms with Gasteiger partial charge in [0.1, 0.15) is 22.6 Å². The highest BCUT2D eigenvalue weighted by Gasteiger charge is 2.44. The van der Waals surface area contributed by atoms with E-state index in [9.17, 15) is 4.79 Å². The van der Waals surface area contributed by atoms with Gasteiger partial charge in [0.25, 0.3) is 5.71 Å². The highest BCUT2D eigenvalue weighted by molar-refractivity contribution is 5.88. The molecule has 4 heterocycles. The van der Waals surface area contributed by atoms with Gasteiger partial charge in [0.15, 0.2) is 0 Å². The third-order valence-corrected chi connectivity index (χ3v) is 4.30. The lowest BCUT2D eigenvalue weighted by atomic mass is 9.93. The van der Waals surface area contributed by atoms with Crippen molar-refractivity contribution in [2.24, 2.45) is 0 Å². The number of rotatable bonds is 1. The van der Waals surface area contributed by atoms with Gasteiger partial charge in [0.05, 0.1) is 18.8 Å². The molecular formula is C14H17N5O3. The van der Waals surface area contributed by atoms with E-state index >= 15 is 0 Å². The number of ether oxygens (including phenoxy) is 1. The first-order valence-corrected chi connectivity index (χ1v) is 7.39. The quantitative estimate of drug-likeness (QED) is 0.849. The number of aryl methyl sites for hydroxylation is 2. The van der Waals surface area contributed by atoms with Crippen LogP contribution in [-0.4, -0.2) is 46.5 Å². The molecule has 2 aromatic rings. The summed E-state index contributed by atoms with van der Waals surface area (Å²) >= 11 is 0. The van der Waals surface area contributed by atoms with E-state index in [0.717, 1.165) is 36.3 Å². The van der Waals surface area contributed by atoms with Crippen molar-refractivity contribution in [1.29, 1.82) is 0 Å². The van der Waals surface area contributed by atoms with Crippen LogP contribution in [-0.2, 0) is 4.74 Å². The van der Waals surface area contributed by atoms with Crippen molar-refractivity contribution in [3.8, 4) is 0 Å². The van der Waals surface area contributed by atoms with E-state index in [1.807, 2.05) is 13.8 Å². The molecular weight excluding hydrogens is 286 g/mol. The average Bonchev–Trinajstić information content (AvgIpc) is 3.02. The highest BCUT2D eigenvalue weighted by atomic mass is 16.6. The maximum Gasteiger partial charge on any atom is 0.407 e. The number of hydrogen-bond acceptors (Lipinski definition) is 7. The van der Waals surface area contributed by atoms with Crippen molar-refractivity contribution in [1.82, 2.24) is 20.4 Å². The largest absolute Gasteiger partial charge is 0.439 e. The van der Waals surface area contributed by atoms with Crippen molar-refractivity contribution in [2.45, 2.75) is 32.3 Å². The van der Waals surface area contributed by atoms with E-state index in [-0.39, 0.29) is 6.09 Å². The van der Waals surface area contributed by atoms with Gasteiger partial charge in [-0.2, -0.15) is 4.98 Å². The summed E-state index contributed by atoms with van der Waals surface area (Å²) in [6.45, 7) is 5.72. The molecule has 2 saturated heterocycles. The average molecular weight is 303 g/mol. The molecule has 8 heteroatoms. The minimum Gasteiger partial charge on any atom is -0.439 e. The summed E-state index contributed by atoms with van der Waals surface area (Å²) in [5.74, 6) is 1.45. The minimum absolute atomic E-state index is 0.341. The topological polar surface area (TPSA) is 93.4 Å². The number of piperidine rings is 1. The van der Waals surface area contributed by atoms with Crippen LogP contribution in [0, 0.1) is 13.8 Å². The number of aromatic nitrogens is 3. The van der Waals surface area contributed by atoms with Crippen LogP contribution in [0.3, 0.4) is 0 Å². The Balaban J connectivity index is 1.75. The Bertz CT molecular complexity index is 758. The Morgan fingerprint density at radius 2 is 2.18 bits per heavy atom. The zero-order chi connectivity index (χ0) is 15.3. The van der Waals surface area contributed by atoms with Gasteiger partial charge in [0.2, 0.25) is 0 Å². The van der Waals surface area contributed by atoms with E-state index in [4.69, 9.17) is 9.26 Å². The Kier molecular flexibility index (Phi) is 2.75. The lowest BCUT2D eigenvalue weighted by molar-refractivity contribution is 0.0446. The van der Waals surface area contributed by atoms with Gasteiger partial charge in [-0.1, -0.05) is 5.16 Å². The molecule has 2 aromatic heterocycles. The molecule has 1 amide bonds. The summed E-state index contributed by atoms with van der Waals surface area (Å²) in [5.41, 5.74) is 0.804. The molecule has 1 atom stereocenters. The molecule has 0 saturated carbocycles. The number of amides is 1. The second kappa shape index (κ2) is 4.56. The molecule has 0 bridgehead atoms. The standard InChI is InChI=1S/C14H17N5O3/c1-8-10-11(16-9(2)17-12(10)22-18-8)19-5-3-4-14(7-19)6-15-13(20)21-14/h3-7H2,1-2H3,(H,15,20)/t14-/m1/s1. The molecule has 116 valence electrons. The van der Waals surface area contributed by atoms with Crippen LogP contribution >= 0.6 is 0 Å². The van der Waals surface area contributed by atoms with Crippen LogP contribution in [0.4, 0.5) is 10.6 Å². The molecule has 1 N–H and O–H groups in total. The van der Waals surface area contributed by atoms with Crippen molar-refractivity contribution < 1.29 is 14.1 Å². The zero-order valence-corrected chi connectivity index (χ0v) is 12.5. The molecule has 1 spiro atoms. The maximum atomic E-state index is 11.4. The smallest absolute Gasteiger partial charge is 0.407 e. The number of carbonyl (C=O) groups excluding carboxylic acids is 1. The lowest BCUT2D eigenvalue weighted by Crippen LogP contribution is -2.50. The molecule has 22 heavy (non-hydrogen) atoms. The molecule has 2 aliphatic heterocycles. The molecule has 0 aromatic carbocycles. The van der Waals surface area contributed by atoms with Crippen molar-refractivity contribution in [2.75, 3.05) is 24.5 Å². The van der Waals surface area contributed by atoms with Crippen molar-refractivity contribution in [3.05, 3.63) is 11.5 Å². The van der Waals surface area contributed by atoms with Gasteiger partial charge in [0, 0.05) is 6.54 Å². The van der Waals surface area contributed by atoms with Crippen LogP contribution in [0.5, 0.6) is 0 Å². The zero-order valence-electron chi connectivity index (χ0n) is 12.5. The van der Waals surface area contributed by atoms with E-state index < -0.39 is 5.60 Å². The lowest BCUT2D eigenvalue weighted by Gasteiger charge is -2.38. The van der Waals surface area contributed by atoms with E-state index in [0.29, 0.717) is 24.6 Å². The number of alkyl carbamates (subject to hydrolysis) is 1. The van der Waals surface area contributed by atoms with Gasteiger partial charge in [-0.15, -0.1) is 0 Å². The number of nitrogens with zero attached hydrogens (tertiary/aromatic N) is 4. The van der Waals surface area contributed by atoms with Crippen LogP contribution in [0.25, 0.3) is 11.1 Å². The van der Waals surface area contributed by atoms with Gasteiger partial charge in [-0.3, -0.25) is 0 Å². The summed E-state index contributed by atoms with van der Waals surface area (Å²) in [4.78, 5) is 22.5. The van der Waals surface area contributed by atoms with Gasteiger partial charge < -0.3 is 19.5 Å². The van der Waals surface area contributed by atoms with Gasteiger partial charge >= 0.3 is 6.09 Å². The second-order valence-electron chi connectivity index (χ2n) is 5.99. The summed E-state index contributed by atoms with van der Waals surface area (Å²) < 4.78 is 10.8. The SMILES string of the molecule is Cc1nc(N2CCC[C@@]3(CNC(=O)O3)C2)c2c(C)noc2n1. The number of anilines is 1. The number of carbonyl (C=O) groups is 1. The third-order valence-electron chi connectivity index (χ3n) is 4.30. The predicted molar refractivity (Wildman–Crippen MR) is 77.7 cm³/mol. The van der Waals surface area contributed by atoms with E-state index in [1.54, 1.807) is 0 Å². The Hall–Kier alpha value is -2.38. The Labute approximate surface area is 126 Å². The Morgan fingerprint density at radius 3 is 2.95 bits per heavy atom. The number of hydrogen-bond donors (Lipinski definition) is 1. The molecule has 0 unspecified atom stereocenters. The molecule has 8 nitrogen and oxygen atoms in total. The van der Waals surface area contributed by atoms with Crippen LogP contribution in [0.15, 0.2) is 4.52 Å². The monoisotopic (exact) mass is 303 g/mol. The van der Waals surface area contributed by atoms with E-state index in [2.05, 4.69) is 25.3 Å². The number of nitrogens with one attached hydrogen (secondary N) is 1. The fourth-order valence-corrected chi connectivity index (χ4v) is 3.31. The number of fused-ring (bicyclic) bond motifs is 1. The molecule has 0 aliphatic carbocycles. The predicted octanol–water partition coefficient (Wildman–Crippen LogP) is 1.31. The third kappa shape index (κ3) is 1.98. The fourth-order valence-electron chi connectivity index (χ4n) is 3.31. The molecule has 4 rings (SSSR count). The molecule has 2 fully saturated rings. The first-order valence-electron chi connectivity index (χ1n) is 7.39. The minimum atomic E-state index is -0.467. The normalized spacial score (nSPS) is 24.8. The fraction of sp³-hybridized carbons (Fsp3) is 0.571. The summed E-state index contributed by atoms with van der Waals surface area (Å²) in [6.07, 6.45) is 1.45. The van der Waals surface area contributed by atoms with Crippen LogP contribution < -0.4 is 10.2 Å². The van der Waals surface area contributed by atoms with E-state index in [1.165, 1.54) is 0 Å². The second-order valence-corrected chi connectivity index (χ2v) is 5.99. The first-order chi connectivity index (χ1) is 10.6. The van der Waals surface area contributed by atoms with Gasteiger partial charge in [-0.25, -0.2) is 9.78 Å². The molecule has 2 aliphatic rings. The van der Waals surface area contributed by atoms with Crippen LogP contribution in [0.2, 0.25) is 0 Å². The Morgan fingerprint density at radius 1 is 1.32 bits per heavy atom.